The van der Waals surface area contributed by atoms with Gasteiger partial charge in [-0.05, 0) is 37.1 Å². The Bertz CT molecular complexity index is 350. The second-order valence-corrected chi connectivity index (χ2v) is 3.02. The van der Waals surface area contributed by atoms with Crippen molar-refractivity contribution in [1.82, 2.24) is 0 Å². The van der Waals surface area contributed by atoms with Gasteiger partial charge in [-0.25, -0.2) is 4.79 Å². The monoisotopic (exact) mass is 215 g/mol. The highest BCUT2D eigenvalue weighted by Crippen LogP contribution is 2.19. The highest BCUT2D eigenvalue weighted by Gasteiger charge is 2.11. The number of benzene rings is 1. The van der Waals surface area contributed by atoms with Crippen LogP contribution in [-0.2, 0) is 4.74 Å². The summed E-state index contributed by atoms with van der Waals surface area (Å²) in [6, 6.07) is 3.61. The van der Waals surface area contributed by atoms with E-state index in [0.717, 1.165) is 11.1 Å². The van der Waals surface area contributed by atoms with E-state index in [-0.39, 0.29) is 18.4 Å². The van der Waals surface area contributed by atoms with E-state index in [1.54, 1.807) is 13.0 Å². The van der Waals surface area contributed by atoms with Crippen molar-refractivity contribution in [2.75, 3.05) is 12.8 Å². The van der Waals surface area contributed by atoms with E-state index in [0.29, 0.717) is 11.3 Å². The van der Waals surface area contributed by atoms with Crippen LogP contribution >= 0.6 is 12.4 Å². The van der Waals surface area contributed by atoms with Gasteiger partial charge in [0.1, 0.15) is 0 Å². The van der Waals surface area contributed by atoms with Crippen molar-refractivity contribution in [3.8, 4) is 0 Å². The molecular formula is C10H14ClNO2. The van der Waals surface area contributed by atoms with Crippen molar-refractivity contribution in [3.63, 3.8) is 0 Å². The Morgan fingerprint density at radius 2 is 1.93 bits per heavy atom. The fourth-order valence-corrected chi connectivity index (χ4v) is 1.21. The predicted molar refractivity (Wildman–Crippen MR) is 58.9 cm³/mol. The van der Waals surface area contributed by atoms with Gasteiger partial charge >= 0.3 is 5.97 Å². The molecule has 14 heavy (non-hydrogen) atoms. The van der Waals surface area contributed by atoms with E-state index >= 15 is 0 Å². The first kappa shape index (κ1) is 12.8. The molecule has 0 aliphatic carbocycles. The van der Waals surface area contributed by atoms with Gasteiger partial charge in [0.2, 0.25) is 0 Å². The number of carbonyl (C=O) groups excluding carboxylic acids is 1. The lowest BCUT2D eigenvalue weighted by molar-refractivity contribution is 0.0600. The molecule has 0 saturated heterocycles. The number of hydrogen-bond donors (Lipinski definition) is 1. The third kappa shape index (κ3) is 2.39. The SMILES string of the molecule is COC(=O)c1cc(C)cc(N)c1C.Cl. The number of aryl methyl sites for hydroxylation is 1. The van der Waals surface area contributed by atoms with E-state index in [4.69, 9.17) is 5.73 Å². The molecule has 2 N–H and O–H groups in total. The Morgan fingerprint density at radius 1 is 1.36 bits per heavy atom. The first-order valence-corrected chi connectivity index (χ1v) is 4.01. The summed E-state index contributed by atoms with van der Waals surface area (Å²) >= 11 is 0. The molecule has 3 nitrogen and oxygen atoms in total. The molecule has 1 aromatic carbocycles. The van der Waals surface area contributed by atoms with Crippen LogP contribution in [0, 0.1) is 13.8 Å². The summed E-state index contributed by atoms with van der Waals surface area (Å²) in [7, 11) is 1.36. The van der Waals surface area contributed by atoms with Gasteiger partial charge in [-0.2, -0.15) is 0 Å². The third-order valence-corrected chi connectivity index (χ3v) is 2.00. The van der Waals surface area contributed by atoms with Crippen LogP contribution in [0.5, 0.6) is 0 Å². The molecule has 0 radical (unpaired) electrons. The molecule has 0 aliphatic heterocycles. The van der Waals surface area contributed by atoms with Crippen molar-refractivity contribution in [1.29, 1.82) is 0 Å². The molecule has 0 unspecified atom stereocenters. The second kappa shape index (κ2) is 4.86. The number of rotatable bonds is 1. The van der Waals surface area contributed by atoms with Gasteiger partial charge in [0.05, 0.1) is 12.7 Å². The van der Waals surface area contributed by atoms with E-state index in [1.807, 2.05) is 13.0 Å². The van der Waals surface area contributed by atoms with Crippen molar-refractivity contribution in [2.24, 2.45) is 0 Å². The molecule has 1 aromatic rings. The Labute approximate surface area is 89.7 Å². The maximum Gasteiger partial charge on any atom is 0.338 e. The molecule has 0 spiro atoms. The van der Waals surface area contributed by atoms with Crippen LogP contribution < -0.4 is 5.73 Å². The van der Waals surface area contributed by atoms with Crippen molar-refractivity contribution < 1.29 is 9.53 Å². The first-order valence-electron chi connectivity index (χ1n) is 4.01. The maximum atomic E-state index is 11.3. The molecular weight excluding hydrogens is 202 g/mol. The Morgan fingerprint density at radius 3 is 2.43 bits per heavy atom. The third-order valence-electron chi connectivity index (χ3n) is 2.00. The predicted octanol–water partition coefficient (Wildman–Crippen LogP) is 2.09. The second-order valence-electron chi connectivity index (χ2n) is 3.02. The molecule has 1 rings (SSSR count). The molecule has 0 heterocycles. The minimum atomic E-state index is -0.340. The molecule has 78 valence electrons. The summed E-state index contributed by atoms with van der Waals surface area (Å²) in [6.07, 6.45) is 0. The molecule has 0 amide bonds. The molecule has 0 aliphatic rings. The molecule has 0 bridgehead atoms. The lowest BCUT2D eigenvalue weighted by atomic mass is 10.0. The summed E-state index contributed by atoms with van der Waals surface area (Å²) in [6.45, 7) is 3.70. The average molecular weight is 216 g/mol. The summed E-state index contributed by atoms with van der Waals surface area (Å²) in [4.78, 5) is 11.3. The van der Waals surface area contributed by atoms with Crippen LogP contribution in [0.4, 0.5) is 5.69 Å². The van der Waals surface area contributed by atoms with Crippen LogP contribution in [0.1, 0.15) is 21.5 Å². The number of methoxy groups -OCH3 is 1. The van der Waals surface area contributed by atoms with E-state index in [9.17, 15) is 4.79 Å². The number of hydrogen-bond acceptors (Lipinski definition) is 3. The number of anilines is 1. The molecule has 4 heteroatoms. The normalized spacial score (nSPS) is 9.07. The van der Waals surface area contributed by atoms with Gasteiger partial charge in [0.25, 0.3) is 0 Å². The van der Waals surface area contributed by atoms with Crippen LogP contribution in [0.3, 0.4) is 0 Å². The number of nitrogen functional groups attached to an aromatic ring is 1. The summed E-state index contributed by atoms with van der Waals surface area (Å²) in [5, 5.41) is 0. The van der Waals surface area contributed by atoms with E-state index < -0.39 is 0 Å². The maximum absolute atomic E-state index is 11.3. The van der Waals surface area contributed by atoms with Gasteiger partial charge in [-0.15, -0.1) is 12.4 Å². The van der Waals surface area contributed by atoms with Gasteiger partial charge in [-0.3, -0.25) is 0 Å². The number of carbonyl (C=O) groups is 1. The van der Waals surface area contributed by atoms with E-state index in [2.05, 4.69) is 4.74 Å². The minimum Gasteiger partial charge on any atom is -0.465 e. The van der Waals surface area contributed by atoms with Gasteiger partial charge < -0.3 is 10.5 Å². The van der Waals surface area contributed by atoms with Gasteiger partial charge in [-0.1, -0.05) is 0 Å². The Balaban J connectivity index is 0.00000169. The quantitative estimate of drug-likeness (QED) is 0.577. The smallest absolute Gasteiger partial charge is 0.338 e. The Hall–Kier alpha value is -1.22. The van der Waals surface area contributed by atoms with Gasteiger partial charge in [0.15, 0.2) is 0 Å². The topological polar surface area (TPSA) is 52.3 Å². The number of ether oxygens (including phenoxy) is 1. The largest absolute Gasteiger partial charge is 0.465 e. The van der Waals surface area contributed by atoms with Crippen LogP contribution in [-0.4, -0.2) is 13.1 Å². The van der Waals surface area contributed by atoms with Crippen molar-refractivity contribution in [3.05, 3.63) is 28.8 Å². The number of esters is 1. The highest BCUT2D eigenvalue weighted by atomic mass is 35.5. The van der Waals surface area contributed by atoms with Gasteiger partial charge in [0, 0.05) is 5.69 Å². The van der Waals surface area contributed by atoms with E-state index in [1.165, 1.54) is 7.11 Å². The zero-order chi connectivity index (χ0) is 10.0. The molecule has 0 atom stereocenters. The molecule has 0 fully saturated rings. The fraction of sp³-hybridized carbons (Fsp3) is 0.300. The lowest BCUT2D eigenvalue weighted by Crippen LogP contribution is -2.06. The standard InChI is InChI=1S/C10H13NO2.ClH/c1-6-4-8(10(12)13-3)7(2)9(11)5-6;/h4-5H,11H2,1-3H3;1H. The summed E-state index contributed by atoms with van der Waals surface area (Å²) in [5.74, 6) is -0.340. The summed E-state index contributed by atoms with van der Waals surface area (Å²) in [5.41, 5.74) is 8.61. The fourth-order valence-electron chi connectivity index (χ4n) is 1.21. The number of nitrogens with two attached hydrogens (primary N) is 1. The van der Waals surface area contributed by atoms with Crippen LogP contribution in [0.2, 0.25) is 0 Å². The lowest BCUT2D eigenvalue weighted by Gasteiger charge is -2.07. The summed E-state index contributed by atoms with van der Waals surface area (Å²) < 4.78 is 4.63. The Kier molecular flexibility index (Phi) is 4.44. The molecule has 0 saturated carbocycles. The first-order chi connectivity index (χ1) is 6.06. The minimum absolute atomic E-state index is 0. The van der Waals surface area contributed by atoms with Crippen molar-refractivity contribution in [2.45, 2.75) is 13.8 Å². The zero-order valence-electron chi connectivity index (χ0n) is 8.46. The highest BCUT2D eigenvalue weighted by molar-refractivity contribution is 5.92. The molecule has 0 aromatic heterocycles. The zero-order valence-corrected chi connectivity index (χ0v) is 9.27. The van der Waals surface area contributed by atoms with Crippen LogP contribution in [0.25, 0.3) is 0 Å². The van der Waals surface area contributed by atoms with Crippen molar-refractivity contribution >= 4 is 24.1 Å². The number of halogens is 1. The average Bonchev–Trinajstić information content (AvgIpc) is 2.10. The van der Waals surface area contributed by atoms with Crippen LogP contribution in [0.15, 0.2) is 12.1 Å².